The molecular formula is C88H110N14O19. The van der Waals surface area contributed by atoms with E-state index in [-0.39, 0.29) is 71.8 Å². The molecule has 33 nitrogen and oxygen atoms in total. The molecule has 121 heavy (non-hydrogen) atoms. The highest BCUT2D eigenvalue weighted by molar-refractivity contribution is 6.01. The molecule has 3 aliphatic heterocycles. The van der Waals surface area contributed by atoms with Crippen molar-refractivity contribution in [3.8, 4) is 17.2 Å². The van der Waals surface area contributed by atoms with Crippen molar-refractivity contribution in [3.63, 3.8) is 0 Å². The van der Waals surface area contributed by atoms with Crippen LogP contribution in [0, 0.1) is 29.6 Å². The van der Waals surface area contributed by atoms with Crippen LogP contribution in [0.4, 0.5) is 0 Å². The number of carbonyl (C=O) groups is 12. The maximum absolute atomic E-state index is 13.7. The number of aliphatic hydroxyl groups is 3. The van der Waals surface area contributed by atoms with E-state index in [0.717, 1.165) is 22.3 Å². The van der Waals surface area contributed by atoms with E-state index < -0.39 is 180 Å². The van der Waals surface area contributed by atoms with Gasteiger partial charge in [-0.05, 0) is 130 Å². The van der Waals surface area contributed by atoms with Gasteiger partial charge >= 0.3 is 5.97 Å². The lowest BCUT2D eigenvalue weighted by Crippen LogP contribution is -2.64. The number of esters is 1. The zero-order valence-corrected chi connectivity index (χ0v) is 69.3. The maximum atomic E-state index is 13.7. The van der Waals surface area contributed by atoms with Crippen molar-refractivity contribution in [1.82, 2.24) is 73.0 Å². The van der Waals surface area contributed by atoms with E-state index in [1.54, 1.807) is 45.0 Å². The summed E-state index contributed by atoms with van der Waals surface area (Å²) < 4.78 is 5.64. The Balaban J connectivity index is 0.000000226. The number of benzene rings is 4. The molecule has 3 saturated heterocycles. The fourth-order valence-electron chi connectivity index (χ4n) is 14.1. The summed E-state index contributed by atoms with van der Waals surface area (Å²) in [7, 11) is 1.53. The van der Waals surface area contributed by atoms with E-state index in [1.165, 1.54) is 87.7 Å². The molecule has 3 aromatic heterocycles. The Kier molecular flexibility index (Phi) is 34.4. The summed E-state index contributed by atoms with van der Waals surface area (Å²) in [5, 5.41) is 91.3. The molecule has 0 spiro atoms. The van der Waals surface area contributed by atoms with Crippen LogP contribution in [0.1, 0.15) is 136 Å². The van der Waals surface area contributed by atoms with Gasteiger partial charge in [-0.2, -0.15) is 0 Å². The summed E-state index contributed by atoms with van der Waals surface area (Å²) in [4.78, 5) is 173. The number of carbonyl (C=O) groups excluding carboxylic acids is 12. The highest BCUT2D eigenvalue weighted by atomic mass is 16.5. The van der Waals surface area contributed by atoms with E-state index in [9.17, 15) is 88.2 Å². The number of aromatic hydroxyl groups is 3. The minimum atomic E-state index is -1.40. The average Bonchev–Trinajstić information content (AvgIpc) is 0.822. The average molecular weight is 1670 g/mol. The first-order valence-corrected chi connectivity index (χ1v) is 40.2. The number of aromatic nitrogens is 3. The number of likely N-dealkylation sites (N-methyl/N-ethyl adjacent to an activating group) is 1. The van der Waals surface area contributed by atoms with Gasteiger partial charge in [0.2, 0.25) is 41.4 Å². The molecule has 11 amide bonds. The van der Waals surface area contributed by atoms with E-state index in [4.69, 9.17) is 4.74 Å². The molecule has 3 unspecified atom stereocenters. The number of hydrogen-bond donors (Lipinski definition) is 16. The number of nitrogens with zero attached hydrogens (tertiary/aromatic N) is 4. The maximum Gasteiger partial charge on any atom is 0.312 e. The van der Waals surface area contributed by atoms with Crippen molar-refractivity contribution in [1.29, 1.82) is 0 Å². The third-order valence-corrected chi connectivity index (χ3v) is 21.1. The molecule has 4 aromatic carbocycles. The first-order chi connectivity index (χ1) is 57.5. The molecule has 7 aromatic rings. The Morgan fingerprint density at radius 1 is 0.388 bits per heavy atom. The smallest absolute Gasteiger partial charge is 0.312 e. The van der Waals surface area contributed by atoms with Crippen molar-refractivity contribution >= 4 is 70.9 Å². The van der Waals surface area contributed by atoms with Gasteiger partial charge in [0.1, 0.15) is 47.5 Å². The molecule has 3 fully saturated rings. The number of hydrogen-bond acceptors (Lipinski definition) is 22. The highest BCUT2D eigenvalue weighted by Gasteiger charge is 2.44. The zero-order valence-electron chi connectivity index (χ0n) is 69.3. The Morgan fingerprint density at radius 3 is 1.06 bits per heavy atom. The fraction of sp³-hybridized carbons (Fsp3) is 0.420. The molecule has 10 rings (SSSR count). The SMILES string of the molecule is CC(C)CC1C(=O)N[C@H](C)[C@H](NC(=O)c2ncccc2O)C(=O)N[C@@H](Cc2ccccc2)[C@@H](O)[C@@H](C)C(=O)N1C.CC(C)CC1NC(=O)[C@H](C)[C@H](O)[C@H](Cc2ccccc2)NC(=O)[C@@H](NC(=O)c2ncccc2O)[C@@H](C)NC1=O.C[C@H]1NC(=O)C(Cc2ccccc2)OC(=O)[C@H](C)[C@H](O)[C@H](Cc2ccccc2)NC(=O)[C@H]1NC(=O)c1ncccc1O. The fourth-order valence-corrected chi connectivity index (χ4v) is 14.1. The summed E-state index contributed by atoms with van der Waals surface area (Å²) in [6.45, 7) is 16.8. The van der Waals surface area contributed by atoms with Gasteiger partial charge in [-0.3, -0.25) is 57.5 Å². The molecule has 0 saturated carbocycles. The Hall–Kier alpha value is -12.8. The van der Waals surface area contributed by atoms with Crippen LogP contribution in [-0.2, 0) is 73.6 Å². The topological polar surface area (TPSA) is 498 Å². The first-order valence-electron chi connectivity index (χ1n) is 40.2. The summed E-state index contributed by atoms with van der Waals surface area (Å²) in [6.07, 6.45) is 0.0205. The van der Waals surface area contributed by atoms with Crippen molar-refractivity contribution in [2.24, 2.45) is 29.6 Å². The number of pyridine rings is 3. The van der Waals surface area contributed by atoms with Crippen LogP contribution in [0.25, 0.3) is 0 Å². The van der Waals surface area contributed by atoms with E-state index >= 15 is 0 Å². The van der Waals surface area contributed by atoms with Crippen molar-refractivity contribution in [3.05, 3.63) is 216 Å². The second-order valence-corrected chi connectivity index (χ2v) is 31.5. The Morgan fingerprint density at radius 2 is 0.711 bits per heavy atom. The van der Waals surface area contributed by atoms with Gasteiger partial charge in [-0.15, -0.1) is 0 Å². The van der Waals surface area contributed by atoms with Crippen LogP contribution >= 0.6 is 0 Å². The molecule has 6 heterocycles. The molecule has 18 atom stereocenters. The van der Waals surface area contributed by atoms with E-state index in [2.05, 4.69) is 68.1 Å². The highest BCUT2D eigenvalue weighted by Crippen LogP contribution is 2.25. The predicted molar refractivity (Wildman–Crippen MR) is 443 cm³/mol. The van der Waals surface area contributed by atoms with Crippen LogP contribution in [-0.4, -0.2) is 219 Å². The monoisotopic (exact) mass is 1670 g/mol. The largest absolute Gasteiger partial charge is 0.505 e. The molecule has 0 aliphatic carbocycles. The number of nitrogens with one attached hydrogen (secondary N) is 10. The summed E-state index contributed by atoms with van der Waals surface area (Å²) in [6, 6.07) is 33.3. The third-order valence-electron chi connectivity index (χ3n) is 21.1. The number of rotatable bonds is 18. The predicted octanol–water partition coefficient (Wildman–Crippen LogP) is 2.94. The second kappa shape index (κ2) is 44.3. The molecular weight excluding hydrogens is 1560 g/mol. The normalized spacial score (nSPS) is 26.0. The number of cyclic esters (lactones) is 1. The van der Waals surface area contributed by atoms with E-state index in [1.807, 2.05) is 125 Å². The molecule has 646 valence electrons. The van der Waals surface area contributed by atoms with Gasteiger partial charge in [0.05, 0.1) is 72.3 Å². The van der Waals surface area contributed by atoms with Gasteiger partial charge in [0.15, 0.2) is 23.2 Å². The van der Waals surface area contributed by atoms with Gasteiger partial charge in [-0.1, -0.05) is 163 Å². The van der Waals surface area contributed by atoms with Crippen LogP contribution < -0.4 is 53.2 Å². The third kappa shape index (κ3) is 26.4. The number of ether oxygens (including phenoxy) is 1. The second-order valence-electron chi connectivity index (χ2n) is 31.5. The van der Waals surface area contributed by atoms with Gasteiger partial charge in [-0.25, -0.2) is 15.0 Å². The molecule has 0 bridgehead atoms. The lowest BCUT2D eigenvalue weighted by Gasteiger charge is -2.37. The summed E-state index contributed by atoms with van der Waals surface area (Å²) >= 11 is 0. The Labute approximate surface area is 701 Å². The lowest BCUT2D eigenvalue weighted by atomic mass is 9.90. The van der Waals surface area contributed by atoms with E-state index in [0.29, 0.717) is 12.8 Å². The van der Waals surface area contributed by atoms with Crippen LogP contribution in [0.3, 0.4) is 0 Å². The lowest BCUT2D eigenvalue weighted by molar-refractivity contribution is -0.164. The molecule has 0 radical (unpaired) electrons. The molecule has 3 aliphatic rings. The molecule has 16 N–H and O–H groups in total. The van der Waals surface area contributed by atoms with Crippen molar-refractivity contribution in [2.75, 3.05) is 7.05 Å². The molecule has 33 heteroatoms. The zero-order chi connectivity index (χ0) is 88.5. The minimum absolute atomic E-state index is 0.0480. The van der Waals surface area contributed by atoms with Crippen LogP contribution in [0.2, 0.25) is 0 Å². The standard InChI is InChI=1S/C31H34N4O7.C29H39N5O6.C28H37N5O6/c1-18-27(37)22(16-20-10-5-3-6-11-20)34-29(39)25(35-30(40)26-23(36)14-9-15-32-26)19(2)33-28(38)24(42-31(18)41)17-21-12-7-4-8-13-21;1-16(2)14-21-26(37)31-18(4)23(33-28(39)24-22(35)12-9-13-30-24)27(38)32-20(15-19-10-7-6-8-11-19)25(36)17(3)29(40)34(21)5;1-15(2)13-20-26(37)30-17(4)22(33-28(39)23-21(34)11-8-12-29-23)27(38)31-19(14-18-9-6-5-7-10-18)24(35)16(3)25(36)32-20/h3-15,18-19,22,24-25,27,36-37H,16-17H2,1-2H3,(H,33,38)(H,34,39)(H,35,40);6-13,16-18,20-21,23,25,35-36H,14-15H2,1-5H3,(H,31,37)(H,32,38)(H,33,39);5-12,15-17,19-20,22,24,34-35H,13-14H2,1-4H3,(H,30,37)(H,31,38)(H,32,36)(H,33,39)/t18-,19-,22+,24?,25+,27+;17-,18-,20+,21?,23+,25+;16-,17-,19+,20?,22+,24+/m111/s1. The summed E-state index contributed by atoms with van der Waals surface area (Å²) in [5.41, 5.74) is 2.29. The van der Waals surface area contributed by atoms with Crippen LogP contribution in [0.15, 0.2) is 176 Å². The van der Waals surface area contributed by atoms with Gasteiger partial charge in [0.25, 0.3) is 23.6 Å². The van der Waals surface area contributed by atoms with Gasteiger partial charge in [0, 0.05) is 32.1 Å². The van der Waals surface area contributed by atoms with Crippen molar-refractivity contribution in [2.45, 2.75) is 199 Å². The Bertz CT molecular complexity index is 4710. The van der Waals surface area contributed by atoms with Crippen LogP contribution in [0.5, 0.6) is 17.2 Å². The number of amides is 11. The van der Waals surface area contributed by atoms with Gasteiger partial charge < -0.3 is 93.4 Å². The minimum Gasteiger partial charge on any atom is -0.505 e. The summed E-state index contributed by atoms with van der Waals surface area (Å²) in [5.74, 6) is -12.0. The quantitative estimate of drug-likeness (QED) is 0.0549. The first kappa shape index (κ1) is 93.7. The number of aliphatic hydroxyl groups excluding tert-OH is 3. The van der Waals surface area contributed by atoms with Crippen molar-refractivity contribution < 1.29 is 92.9 Å².